The lowest BCUT2D eigenvalue weighted by Crippen LogP contribution is -2.46. The fraction of sp³-hybridized carbons (Fsp3) is 0.158. The number of aromatic nitrogens is 2. The number of anilines is 1. The summed E-state index contributed by atoms with van der Waals surface area (Å²) < 4.78 is 2.09. The fourth-order valence-corrected chi connectivity index (χ4v) is 3.22. The van der Waals surface area contributed by atoms with Crippen LogP contribution in [0.4, 0.5) is 5.69 Å². The number of amides is 1. The topological polar surface area (TPSA) is 88.0 Å². The lowest BCUT2D eigenvalue weighted by Gasteiger charge is -2.14. The molecule has 0 spiro atoms. The van der Waals surface area contributed by atoms with Gasteiger partial charge in [0, 0.05) is 10.2 Å². The highest BCUT2D eigenvalue weighted by Crippen LogP contribution is 2.15. The number of hydrogen-bond donors (Lipinski definition) is 3. The lowest BCUT2D eigenvalue weighted by atomic mass is 10.2. The normalized spacial score (nSPS) is 10.5. The Labute approximate surface area is 175 Å². The molecule has 3 N–H and O–H groups in total. The molecule has 0 unspecified atom stereocenters. The Balaban J connectivity index is 1.66. The summed E-state index contributed by atoms with van der Waals surface area (Å²) in [6.07, 6.45) is 0. The highest BCUT2D eigenvalue weighted by atomic mass is 79.9. The Kier molecular flexibility index (Phi) is 6.05. The molecule has 3 aromatic rings. The van der Waals surface area contributed by atoms with Crippen LogP contribution in [0.1, 0.15) is 11.4 Å². The van der Waals surface area contributed by atoms with Gasteiger partial charge in [0.25, 0.3) is 11.5 Å². The summed E-state index contributed by atoms with van der Waals surface area (Å²) in [5.74, 6) is 0.0326. The Morgan fingerprint density at radius 2 is 1.96 bits per heavy atom. The molecule has 0 atom stereocenters. The molecule has 28 heavy (non-hydrogen) atoms. The third-order valence-electron chi connectivity index (χ3n) is 4.00. The number of benzene rings is 2. The van der Waals surface area contributed by atoms with Crippen LogP contribution in [0.3, 0.4) is 0 Å². The molecule has 2 aromatic carbocycles. The van der Waals surface area contributed by atoms with Gasteiger partial charge in [-0.1, -0.05) is 28.1 Å². The van der Waals surface area contributed by atoms with Gasteiger partial charge in [0.05, 0.1) is 10.9 Å². The zero-order chi connectivity index (χ0) is 20.3. The SMILES string of the molecule is Cc1cccc(NC(=S)NNC(=O)Cn2c(C)nc3ccc(Br)cc3c2=O)c1. The standard InChI is InChI=1S/C19H18BrN5O2S/c1-11-4-3-5-14(8-11)22-19(28)24-23-17(26)10-25-12(2)21-16-7-6-13(20)9-15(16)18(25)27/h3-9H,10H2,1-2H3,(H,23,26)(H2,22,24,28). The first-order valence-corrected chi connectivity index (χ1v) is 9.63. The van der Waals surface area contributed by atoms with Crippen molar-refractivity contribution < 1.29 is 4.79 Å². The van der Waals surface area contributed by atoms with Gasteiger partial charge in [-0.3, -0.25) is 25.0 Å². The number of carbonyl (C=O) groups excluding carboxylic acids is 1. The Bertz CT molecular complexity index is 1130. The van der Waals surface area contributed by atoms with Crippen LogP contribution < -0.4 is 21.7 Å². The van der Waals surface area contributed by atoms with E-state index in [9.17, 15) is 9.59 Å². The smallest absolute Gasteiger partial charge is 0.261 e. The minimum Gasteiger partial charge on any atom is -0.331 e. The summed E-state index contributed by atoms with van der Waals surface area (Å²) in [7, 11) is 0. The van der Waals surface area contributed by atoms with Crippen molar-refractivity contribution in [3.05, 3.63) is 68.7 Å². The highest BCUT2D eigenvalue weighted by Gasteiger charge is 2.12. The van der Waals surface area contributed by atoms with Crippen molar-refractivity contribution in [3.63, 3.8) is 0 Å². The molecule has 0 saturated carbocycles. The summed E-state index contributed by atoms with van der Waals surface area (Å²) in [5, 5.41) is 3.66. The van der Waals surface area contributed by atoms with Gasteiger partial charge < -0.3 is 5.32 Å². The molecule has 0 saturated heterocycles. The van der Waals surface area contributed by atoms with E-state index in [0.717, 1.165) is 15.7 Å². The second-order valence-electron chi connectivity index (χ2n) is 6.21. The third-order valence-corrected chi connectivity index (χ3v) is 4.70. The zero-order valence-corrected chi connectivity index (χ0v) is 17.6. The van der Waals surface area contributed by atoms with Crippen LogP contribution in [0, 0.1) is 13.8 Å². The number of carbonyl (C=O) groups is 1. The van der Waals surface area contributed by atoms with E-state index in [4.69, 9.17) is 12.2 Å². The first kappa shape index (κ1) is 20.0. The van der Waals surface area contributed by atoms with Crippen molar-refractivity contribution in [3.8, 4) is 0 Å². The molecular formula is C19H18BrN5O2S. The Morgan fingerprint density at radius 3 is 2.71 bits per heavy atom. The quantitative estimate of drug-likeness (QED) is 0.412. The van der Waals surface area contributed by atoms with E-state index in [1.54, 1.807) is 19.1 Å². The molecular weight excluding hydrogens is 442 g/mol. The molecule has 0 aliphatic rings. The van der Waals surface area contributed by atoms with Crippen LogP contribution in [0.2, 0.25) is 0 Å². The van der Waals surface area contributed by atoms with E-state index in [2.05, 4.69) is 37.1 Å². The van der Waals surface area contributed by atoms with E-state index < -0.39 is 5.91 Å². The number of rotatable bonds is 3. The third kappa shape index (κ3) is 4.73. The van der Waals surface area contributed by atoms with Gasteiger partial charge in [-0.2, -0.15) is 0 Å². The molecule has 0 bridgehead atoms. The number of nitrogens with one attached hydrogen (secondary N) is 3. The van der Waals surface area contributed by atoms with E-state index in [0.29, 0.717) is 16.7 Å². The van der Waals surface area contributed by atoms with Gasteiger partial charge in [-0.25, -0.2) is 4.98 Å². The summed E-state index contributed by atoms with van der Waals surface area (Å²) in [5.41, 5.74) is 7.33. The van der Waals surface area contributed by atoms with E-state index in [-0.39, 0.29) is 17.2 Å². The maximum Gasteiger partial charge on any atom is 0.261 e. The maximum absolute atomic E-state index is 12.7. The average Bonchev–Trinajstić information content (AvgIpc) is 2.64. The Hall–Kier alpha value is -2.78. The van der Waals surface area contributed by atoms with Crippen molar-refractivity contribution in [1.29, 1.82) is 0 Å². The van der Waals surface area contributed by atoms with E-state index in [1.807, 2.05) is 37.3 Å². The van der Waals surface area contributed by atoms with Crippen molar-refractivity contribution in [2.24, 2.45) is 0 Å². The maximum atomic E-state index is 12.7. The molecule has 1 amide bonds. The number of aryl methyl sites for hydroxylation is 2. The van der Waals surface area contributed by atoms with Crippen LogP contribution in [-0.4, -0.2) is 20.6 Å². The van der Waals surface area contributed by atoms with Crippen LogP contribution in [-0.2, 0) is 11.3 Å². The molecule has 9 heteroatoms. The molecule has 3 rings (SSSR count). The number of fused-ring (bicyclic) bond motifs is 1. The van der Waals surface area contributed by atoms with Gasteiger partial charge in [0.1, 0.15) is 12.4 Å². The minimum absolute atomic E-state index is 0.180. The van der Waals surface area contributed by atoms with Gasteiger partial charge in [-0.05, 0) is 62.0 Å². The first-order chi connectivity index (χ1) is 13.3. The molecule has 1 aromatic heterocycles. The summed E-state index contributed by atoms with van der Waals surface area (Å²) in [4.78, 5) is 29.4. The number of halogens is 1. The number of thiocarbonyl (C=S) groups is 1. The molecule has 0 radical (unpaired) electrons. The summed E-state index contributed by atoms with van der Waals surface area (Å²) in [6, 6.07) is 12.9. The predicted octanol–water partition coefficient (Wildman–Crippen LogP) is 2.79. The lowest BCUT2D eigenvalue weighted by molar-refractivity contribution is -0.122. The highest BCUT2D eigenvalue weighted by molar-refractivity contribution is 9.10. The number of hydrazine groups is 1. The van der Waals surface area contributed by atoms with Gasteiger partial charge in [-0.15, -0.1) is 0 Å². The molecule has 1 heterocycles. The summed E-state index contributed by atoms with van der Waals surface area (Å²) >= 11 is 8.51. The molecule has 0 fully saturated rings. The first-order valence-electron chi connectivity index (χ1n) is 8.42. The average molecular weight is 460 g/mol. The van der Waals surface area contributed by atoms with Crippen LogP contribution in [0.25, 0.3) is 10.9 Å². The van der Waals surface area contributed by atoms with Crippen LogP contribution in [0.5, 0.6) is 0 Å². The molecule has 0 aliphatic carbocycles. The minimum atomic E-state index is -0.422. The van der Waals surface area contributed by atoms with Gasteiger partial charge in [0.15, 0.2) is 5.11 Å². The van der Waals surface area contributed by atoms with Gasteiger partial charge >= 0.3 is 0 Å². The second-order valence-corrected chi connectivity index (χ2v) is 7.53. The van der Waals surface area contributed by atoms with Crippen molar-refractivity contribution in [2.75, 3.05) is 5.32 Å². The predicted molar refractivity (Wildman–Crippen MR) is 117 cm³/mol. The Morgan fingerprint density at radius 1 is 1.18 bits per heavy atom. The second kappa shape index (κ2) is 8.49. The number of nitrogens with zero attached hydrogens (tertiary/aromatic N) is 2. The zero-order valence-electron chi connectivity index (χ0n) is 15.2. The van der Waals surface area contributed by atoms with Crippen molar-refractivity contribution in [1.82, 2.24) is 20.4 Å². The van der Waals surface area contributed by atoms with Crippen molar-refractivity contribution >= 4 is 55.8 Å². The van der Waals surface area contributed by atoms with E-state index >= 15 is 0 Å². The van der Waals surface area contributed by atoms with E-state index in [1.165, 1.54) is 4.57 Å². The molecule has 144 valence electrons. The van der Waals surface area contributed by atoms with Gasteiger partial charge in [0.2, 0.25) is 0 Å². The van der Waals surface area contributed by atoms with Crippen LogP contribution in [0.15, 0.2) is 51.7 Å². The number of hydrogen-bond acceptors (Lipinski definition) is 4. The molecule has 0 aliphatic heterocycles. The largest absolute Gasteiger partial charge is 0.331 e. The van der Waals surface area contributed by atoms with Crippen molar-refractivity contribution in [2.45, 2.75) is 20.4 Å². The van der Waals surface area contributed by atoms with Crippen LogP contribution >= 0.6 is 28.1 Å². The molecule has 7 nitrogen and oxygen atoms in total. The monoisotopic (exact) mass is 459 g/mol. The summed E-state index contributed by atoms with van der Waals surface area (Å²) in [6.45, 7) is 3.48. The fourth-order valence-electron chi connectivity index (χ4n) is 2.69.